The van der Waals surface area contributed by atoms with E-state index in [1.165, 1.54) is 28.0 Å². The summed E-state index contributed by atoms with van der Waals surface area (Å²) in [6, 6.07) is 27.9. The van der Waals surface area contributed by atoms with Gasteiger partial charge in [0, 0.05) is 5.69 Å². The molecule has 1 aliphatic rings. The molecule has 1 N–H and O–H groups in total. The summed E-state index contributed by atoms with van der Waals surface area (Å²) in [4.78, 5) is 55.0. The van der Waals surface area contributed by atoms with E-state index in [0.717, 1.165) is 16.7 Å². The van der Waals surface area contributed by atoms with Crippen LogP contribution in [-0.2, 0) is 19.1 Å². The molecule has 1 fully saturated rings. The van der Waals surface area contributed by atoms with Crippen LogP contribution in [-0.4, -0.2) is 35.4 Å². The molecule has 1 heterocycles. The Bertz CT molecular complexity index is 1800. The van der Waals surface area contributed by atoms with E-state index in [-0.39, 0.29) is 16.2 Å². The van der Waals surface area contributed by atoms with Gasteiger partial charge < -0.3 is 10.1 Å². The summed E-state index contributed by atoms with van der Waals surface area (Å²) in [6.45, 7) is 5.40. The standard InChI is InChI=1S/C35H29N3O5S/c1-22-9-16-27(17-10-22)36-31(39)21-43-34(42)26-14-12-25(13-15-26)20-30-32(40)37(28-7-5-4-6-8-28)35(44)38(33(30)41)29-18-11-23(2)24(3)19-29/h4-20H,21H2,1-3H3,(H,36,39)/b30-20+. The number of esters is 1. The molecule has 220 valence electrons. The van der Waals surface area contributed by atoms with E-state index in [4.69, 9.17) is 17.0 Å². The second kappa shape index (κ2) is 12.8. The molecule has 1 saturated heterocycles. The zero-order valence-corrected chi connectivity index (χ0v) is 25.2. The lowest BCUT2D eigenvalue weighted by Crippen LogP contribution is -2.57. The first-order chi connectivity index (χ1) is 21.1. The molecule has 0 radical (unpaired) electrons. The summed E-state index contributed by atoms with van der Waals surface area (Å²) >= 11 is 5.69. The van der Waals surface area contributed by atoms with Gasteiger partial charge in [0.05, 0.1) is 16.9 Å². The highest BCUT2D eigenvalue weighted by atomic mass is 32.1. The molecule has 9 heteroatoms. The number of thiocarbonyl (C=S) groups is 1. The summed E-state index contributed by atoms with van der Waals surface area (Å²) in [6.07, 6.45) is 1.47. The van der Waals surface area contributed by atoms with Gasteiger partial charge in [-0.05, 0) is 104 Å². The van der Waals surface area contributed by atoms with Gasteiger partial charge in [-0.2, -0.15) is 0 Å². The molecule has 0 bridgehead atoms. The molecular weight excluding hydrogens is 574 g/mol. The second-order valence-corrected chi connectivity index (χ2v) is 10.7. The fourth-order valence-corrected chi connectivity index (χ4v) is 4.93. The van der Waals surface area contributed by atoms with Crippen LogP contribution >= 0.6 is 12.2 Å². The van der Waals surface area contributed by atoms with Gasteiger partial charge in [-0.1, -0.05) is 54.1 Å². The number of nitrogens with one attached hydrogen (secondary N) is 1. The first kappa shape index (κ1) is 30.1. The van der Waals surface area contributed by atoms with Crippen LogP contribution in [0.4, 0.5) is 17.1 Å². The normalized spacial score (nSPS) is 14.2. The molecule has 3 amide bonds. The van der Waals surface area contributed by atoms with E-state index in [2.05, 4.69) is 5.32 Å². The predicted molar refractivity (Wildman–Crippen MR) is 174 cm³/mol. The number of ether oxygens (including phenoxy) is 1. The molecule has 0 unspecified atom stereocenters. The average Bonchev–Trinajstić information content (AvgIpc) is 3.02. The van der Waals surface area contributed by atoms with Crippen molar-refractivity contribution in [1.29, 1.82) is 0 Å². The Hall–Kier alpha value is -5.41. The maximum absolute atomic E-state index is 13.8. The number of anilines is 3. The van der Waals surface area contributed by atoms with Crippen molar-refractivity contribution in [3.63, 3.8) is 0 Å². The zero-order valence-electron chi connectivity index (χ0n) is 24.4. The monoisotopic (exact) mass is 603 g/mol. The maximum atomic E-state index is 13.8. The lowest BCUT2D eigenvalue weighted by Gasteiger charge is -2.36. The van der Waals surface area contributed by atoms with Crippen LogP contribution in [0, 0.1) is 20.8 Å². The highest BCUT2D eigenvalue weighted by Gasteiger charge is 2.41. The fraction of sp³-hybridized carbons (Fsp3) is 0.114. The minimum atomic E-state index is -0.686. The molecule has 0 atom stereocenters. The molecule has 44 heavy (non-hydrogen) atoms. The number of hydrogen-bond donors (Lipinski definition) is 1. The first-order valence-electron chi connectivity index (χ1n) is 13.8. The van der Waals surface area contributed by atoms with Crippen molar-refractivity contribution in [2.75, 3.05) is 21.7 Å². The number of hydrogen-bond acceptors (Lipinski definition) is 6. The maximum Gasteiger partial charge on any atom is 0.338 e. The SMILES string of the molecule is Cc1ccc(NC(=O)COC(=O)c2ccc(/C=C3\C(=O)N(c4ccccc4)C(=S)N(c4ccc(C)c(C)c4)C3=O)cc2)cc1. The van der Waals surface area contributed by atoms with E-state index >= 15 is 0 Å². The Balaban J connectivity index is 1.37. The summed E-state index contributed by atoms with van der Waals surface area (Å²) in [5.74, 6) is -2.27. The van der Waals surface area contributed by atoms with Gasteiger partial charge in [-0.15, -0.1) is 0 Å². The Morgan fingerprint density at radius 3 is 2.05 bits per heavy atom. The van der Waals surface area contributed by atoms with Crippen molar-refractivity contribution >= 4 is 64.2 Å². The van der Waals surface area contributed by atoms with Crippen LogP contribution < -0.4 is 15.1 Å². The number of para-hydroxylation sites is 1. The number of carbonyl (C=O) groups excluding carboxylic acids is 4. The first-order valence-corrected chi connectivity index (χ1v) is 14.2. The Kier molecular flexibility index (Phi) is 8.78. The van der Waals surface area contributed by atoms with Crippen LogP contribution in [0.2, 0.25) is 0 Å². The lowest BCUT2D eigenvalue weighted by molar-refractivity contribution is -0.121. The molecule has 0 saturated carbocycles. The second-order valence-electron chi connectivity index (χ2n) is 10.3. The van der Waals surface area contributed by atoms with Crippen LogP contribution in [0.15, 0.2) is 103 Å². The minimum absolute atomic E-state index is 0.0520. The number of amides is 3. The topological polar surface area (TPSA) is 96.0 Å². The summed E-state index contributed by atoms with van der Waals surface area (Å²) in [5.41, 5.74) is 5.39. The van der Waals surface area contributed by atoms with E-state index in [1.807, 2.05) is 51.1 Å². The summed E-state index contributed by atoms with van der Waals surface area (Å²) in [5, 5.41) is 2.73. The van der Waals surface area contributed by atoms with E-state index in [1.54, 1.807) is 54.6 Å². The van der Waals surface area contributed by atoms with Crippen molar-refractivity contribution < 1.29 is 23.9 Å². The van der Waals surface area contributed by atoms with Crippen LogP contribution in [0.1, 0.15) is 32.6 Å². The van der Waals surface area contributed by atoms with Crippen LogP contribution in [0.25, 0.3) is 6.08 Å². The Labute approximate surface area is 260 Å². The molecule has 0 aliphatic carbocycles. The molecule has 0 spiro atoms. The van der Waals surface area contributed by atoms with Gasteiger partial charge in [0.25, 0.3) is 17.7 Å². The number of aryl methyl sites for hydroxylation is 3. The molecule has 4 aromatic rings. The zero-order chi connectivity index (χ0) is 31.4. The molecule has 8 nitrogen and oxygen atoms in total. The third-order valence-electron chi connectivity index (χ3n) is 7.14. The molecular formula is C35H29N3O5S. The van der Waals surface area contributed by atoms with Crippen molar-refractivity contribution in [3.8, 4) is 0 Å². The highest BCUT2D eigenvalue weighted by molar-refractivity contribution is 7.81. The van der Waals surface area contributed by atoms with Crippen molar-refractivity contribution in [3.05, 3.63) is 130 Å². The van der Waals surface area contributed by atoms with Gasteiger partial charge in [-0.25, -0.2) is 4.79 Å². The number of benzene rings is 4. The Morgan fingerprint density at radius 2 is 1.41 bits per heavy atom. The smallest absolute Gasteiger partial charge is 0.338 e. The molecule has 1 aliphatic heterocycles. The molecule has 4 aromatic carbocycles. The highest BCUT2D eigenvalue weighted by Crippen LogP contribution is 2.31. The van der Waals surface area contributed by atoms with E-state index < -0.39 is 30.3 Å². The summed E-state index contributed by atoms with van der Waals surface area (Å²) < 4.78 is 5.16. The predicted octanol–water partition coefficient (Wildman–Crippen LogP) is 6.16. The van der Waals surface area contributed by atoms with Gasteiger partial charge in [0.15, 0.2) is 11.7 Å². The average molecular weight is 604 g/mol. The van der Waals surface area contributed by atoms with E-state index in [9.17, 15) is 19.2 Å². The number of nitrogens with zero attached hydrogens (tertiary/aromatic N) is 2. The lowest BCUT2D eigenvalue weighted by atomic mass is 10.0. The number of rotatable bonds is 7. The largest absolute Gasteiger partial charge is 0.452 e. The van der Waals surface area contributed by atoms with Crippen LogP contribution in [0.5, 0.6) is 0 Å². The van der Waals surface area contributed by atoms with Crippen molar-refractivity contribution in [2.45, 2.75) is 20.8 Å². The van der Waals surface area contributed by atoms with Crippen LogP contribution in [0.3, 0.4) is 0 Å². The van der Waals surface area contributed by atoms with Crippen molar-refractivity contribution in [2.24, 2.45) is 0 Å². The summed E-state index contributed by atoms with van der Waals surface area (Å²) in [7, 11) is 0. The van der Waals surface area contributed by atoms with E-state index in [0.29, 0.717) is 22.6 Å². The minimum Gasteiger partial charge on any atom is -0.452 e. The van der Waals surface area contributed by atoms with Gasteiger partial charge in [0.1, 0.15) is 5.57 Å². The quantitative estimate of drug-likeness (QED) is 0.118. The van der Waals surface area contributed by atoms with Crippen molar-refractivity contribution in [1.82, 2.24) is 0 Å². The number of carbonyl (C=O) groups is 4. The third kappa shape index (κ3) is 6.48. The Morgan fingerprint density at radius 1 is 0.773 bits per heavy atom. The van der Waals surface area contributed by atoms with Gasteiger partial charge >= 0.3 is 5.97 Å². The molecule has 0 aromatic heterocycles. The van der Waals surface area contributed by atoms with Gasteiger partial charge in [-0.3, -0.25) is 24.2 Å². The third-order valence-corrected chi connectivity index (χ3v) is 7.50. The fourth-order valence-electron chi connectivity index (χ4n) is 4.56. The van der Waals surface area contributed by atoms with Gasteiger partial charge in [0.2, 0.25) is 0 Å². The molecule has 5 rings (SSSR count).